The molecule has 1 heterocycles. The molecule has 1 aliphatic heterocycles. The molecule has 126 valence electrons. The number of thioether (sulfide) groups is 1. The van der Waals surface area contributed by atoms with Gasteiger partial charge in [0.05, 0.1) is 16.4 Å². The van der Waals surface area contributed by atoms with Gasteiger partial charge in [-0.2, -0.15) is 5.26 Å². The number of hydrogen-bond acceptors (Lipinski definition) is 6. The second-order valence-electron chi connectivity index (χ2n) is 5.23. The third-order valence-corrected chi connectivity index (χ3v) is 4.63. The summed E-state index contributed by atoms with van der Waals surface area (Å²) in [6.45, 7) is 1.19. The maximum absolute atomic E-state index is 12.3. The van der Waals surface area contributed by atoms with Crippen molar-refractivity contribution in [3.63, 3.8) is 0 Å². The van der Waals surface area contributed by atoms with Crippen molar-refractivity contribution >= 4 is 29.4 Å². The Hall–Kier alpha value is -2.37. The minimum absolute atomic E-state index is 0.0260. The molecule has 7 nitrogen and oxygen atoms in total. The van der Waals surface area contributed by atoms with Crippen LogP contribution in [-0.2, 0) is 4.79 Å². The fourth-order valence-corrected chi connectivity index (χ4v) is 3.20. The summed E-state index contributed by atoms with van der Waals surface area (Å²) in [5.41, 5.74) is 0.300. The van der Waals surface area contributed by atoms with Gasteiger partial charge in [-0.1, -0.05) is 6.07 Å². The highest BCUT2D eigenvalue weighted by molar-refractivity contribution is 7.99. The Morgan fingerprint density at radius 3 is 2.75 bits per heavy atom. The molecule has 0 radical (unpaired) electrons. The zero-order chi connectivity index (χ0) is 17.5. The van der Waals surface area contributed by atoms with E-state index >= 15 is 0 Å². The molecule has 1 amide bonds. The number of hydrogen-bond donors (Lipinski definition) is 1. The van der Waals surface area contributed by atoms with E-state index in [1.54, 1.807) is 17.0 Å². The number of nitro benzene ring substituents is 1. The van der Waals surface area contributed by atoms with Gasteiger partial charge in [0.2, 0.25) is 0 Å². The van der Waals surface area contributed by atoms with Crippen molar-refractivity contribution in [2.75, 3.05) is 25.4 Å². The Morgan fingerprint density at radius 2 is 2.17 bits per heavy atom. The van der Waals surface area contributed by atoms with E-state index < -0.39 is 4.92 Å². The average molecular weight is 347 g/mol. The Kier molecular flexibility index (Phi) is 6.35. The summed E-state index contributed by atoms with van der Waals surface area (Å²) in [4.78, 5) is 25.0. The molecule has 1 N–H and O–H groups in total. The van der Waals surface area contributed by atoms with Crippen LogP contribution in [0.1, 0.15) is 18.4 Å². The highest BCUT2D eigenvalue weighted by atomic mass is 32.2. The van der Waals surface area contributed by atoms with Crippen molar-refractivity contribution in [3.8, 4) is 6.07 Å². The van der Waals surface area contributed by atoms with E-state index in [4.69, 9.17) is 5.11 Å². The SMILES string of the molecule is N#C/C(=C\c1ccc(SCCO)c([N+](=O)[O-])c1)C(=O)N1CCCC1. The van der Waals surface area contributed by atoms with Crippen LogP contribution in [0.2, 0.25) is 0 Å². The van der Waals surface area contributed by atoms with Gasteiger partial charge in [0.25, 0.3) is 11.6 Å². The quantitative estimate of drug-likeness (QED) is 0.278. The van der Waals surface area contributed by atoms with Crippen LogP contribution in [-0.4, -0.2) is 46.3 Å². The second-order valence-corrected chi connectivity index (χ2v) is 6.36. The van der Waals surface area contributed by atoms with Gasteiger partial charge < -0.3 is 10.0 Å². The number of nitrogens with zero attached hydrogens (tertiary/aromatic N) is 3. The lowest BCUT2D eigenvalue weighted by molar-refractivity contribution is -0.387. The number of rotatable bonds is 6. The molecule has 8 heteroatoms. The van der Waals surface area contributed by atoms with Gasteiger partial charge in [0.1, 0.15) is 11.6 Å². The Morgan fingerprint density at radius 1 is 1.46 bits per heavy atom. The van der Waals surface area contributed by atoms with Gasteiger partial charge in [0, 0.05) is 24.9 Å². The average Bonchev–Trinajstić information content (AvgIpc) is 3.12. The number of likely N-dealkylation sites (tertiary alicyclic amines) is 1. The fourth-order valence-electron chi connectivity index (χ4n) is 2.44. The van der Waals surface area contributed by atoms with Crippen LogP contribution in [0.15, 0.2) is 28.7 Å². The number of nitriles is 1. The molecule has 1 aromatic carbocycles. The predicted molar refractivity (Wildman–Crippen MR) is 90.3 cm³/mol. The maximum Gasteiger partial charge on any atom is 0.283 e. The van der Waals surface area contributed by atoms with Gasteiger partial charge in [-0.05, 0) is 30.5 Å². The summed E-state index contributed by atoms with van der Waals surface area (Å²) in [6, 6.07) is 6.42. The first-order chi connectivity index (χ1) is 11.6. The molecule has 1 fully saturated rings. The predicted octanol–water partition coefficient (Wildman–Crippen LogP) is 2.21. The molecular weight excluding hydrogens is 330 g/mol. The highest BCUT2D eigenvalue weighted by Crippen LogP contribution is 2.30. The van der Waals surface area contributed by atoms with Crippen LogP contribution in [0.4, 0.5) is 5.69 Å². The van der Waals surface area contributed by atoms with Crippen LogP contribution in [0.5, 0.6) is 0 Å². The minimum atomic E-state index is -0.509. The summed E-state index contributed by atoms with van der Waals surface area (Å²) in [7, 11) is 0. The summed E-state index contributed by atoms with van der Waals surface area (Å²) < 4.78 is 0. The number of carbonyl (C=O) groups excluding carboxylic acids is 1. The maximum atomic E-state index is 12.3. The summed E-state index contributed by atoms with van der Waals surface area (Å²) in [6.07, 6.45) is 3.23. The standard InChI is InChI=1S/C16H17N3O4S/c17-11-13(16(21)18-5-1-2-6-18)9-12-3-4-15(24-8-7-20)14(10-12)19(22)23/h3-4,9-10,20H,1-2,5-8H2/b13-9+. The monoisotopic (exact) mass is 347 g/mol. The molecule has 0 aromatic heterocycles. The molecule has 0 bridgehead atoms. The molecule has 0 atom stereocenters. The zero-order valence-corrected chi connectivity index (χ0v) is 13.8. The molecule has 0 aliphatic carbocycles. The lowest BCUT2D eigenvalue weighted by Gasteiger charge is -2.14. The zero-order valence-electron chi connectivity index (χ0n) is 13.0. The molecule has 0 saturated carbocycles. The third kappa shape index (κ3) is 4.34. The molecule has 1 aromatic rings. The first-order valence-corrected chi connectivity index (χ1v) is 8.48. The van der Waals surface area contributed by atoms with E-state index in [1.807, 2.05) is 6.07 Å². The number of aliphatic hydroxyl groups excluding tert-OH is 1. The van der Waals surface area contributed by atoms with Crippen molar-refractivity contribution in [1.82, 2.24) is 4.90 Å². The first kappa shape index (κ1) is 18.0. The van der Waals surface area contributed by atoms with Gasteiger partial charge in [0.15, 0.2) is 0 Å². The lowest BCUT2D eigenvalue weighted by Crippen LogP contribution is -2.28. The Labute approximate surface area is 143 Å². The van der Waals surface area contributed by atoms with Gasteiger partial charge in [-0.3, -0.25) is 14.9 Å². The lowest BCUT2D eigenvalue weighted by atomic mass is 10.1. The topological polar surface area (TPSA) is 107 Å². The van der Waals surface area contributed by atoms with Crippen LogP contribution < -0.4 is 0 Å². The number of nitro groups is 1. The van der Waals surface area contributed by atoms with Crippen molar-refractivity contribution in [2.24, 2.45) is 0 Å². The van der Waals surface area contributed by atoms with Crippen LogP contribution in [0.3, 0.4) is 0 Å². The molecule has 24 heavy (non-hydrogen) atoms. The van der Waals surface area contributed by atoms with Gasteiger partial charge >= 0.3 is 0 Å². The van der Waals surface area contributed by atoms with Crippen molar-refractivity contribution in [2.45, 2.75) is 17.7 Å². The number of carbonyl (C=O) groups is 1. The van der Waals surface area contributed by atoms with E-state index in [1.165, 1.54) is 23.9 Å². The molecule has 2 rings (SSSR count). The van der Waals surface area contributed by atoms with E-state index in [2.05, 4.69) is 0 Å². The van der Waals surface area contributed by atoms with E-state index in [9.17, 15) is 20.2 Å². The molecule has 1 aliphatic rings. The van der Waals surface area contributed by atoms with Crippen molar-refractivity contribution in [3.05, 3.63) is 39.4 Å². The molecule has 0 spiro atoms. The van der Waals surface area contributed by atoms with Gasteiger partial charge in [-0.25, -0.2) is 0 Å². The van der Waals surface area contributed by atoms with Crippen molar-refractivity contribution < 1.29 is 14.8 Å². The fraction of sp³-hybridized carbons (Fsp3) is 0.375. The molecular formula is C16H17N3O4S. The number of amides is 1. The molecule has 0 unspecified atom stereocenters. The van der Waals surface area contributed by atoms with Crippen LogP contribution >= 0.6 is 11.8 Å². The summed E-state index contributed by atoms with van der Waals surface area (Å²) in [5, 5.41) is 29.3. The summed E-state index contributed by atoms with van der Waals surface area (Å²) >= 11 is 1.18. The Bertz CT molecular complexity index is 706. The van der Waals surface area contributed by atoms with Crippen molar-refractivity contribution in [1.29, 1.82) is 5.26 Å². The smallest absolute Gasteiger partial charge is 0.283 e. The van der Waals surface area contributed by atoms with E-state index in [0.29, 0.717) is 29.3 Å². The minimum Gasteiger partial charge on any atom is -0.396 e. The largest absolute Gasteiger partial charge is 0.396 e. The first-order valence-electron chi connectivity index (χ1n) is 7.50. The highest BCUT2D eigenvalue weighted by Gasteiger charge is 2.22. The van der Waals surface area contributed by atoms with Gasteiger partial charge in [-0.15, -0.1) is 11.8 Å². The van der Waals surface area contributed by atoms with E-state index in [-0.39, 0.29) is 23.8 Å². The Balaban J connectivity index is 2.29. The van der Waals surface area contributed by atoms with Crippen LogP contribution in [0, 0.1) is 21.4 Å². The normalized spacial score (nSPS) is 14.5. The molecule has 1 saturated heterocycles. The number of aliphatic hydroxyl groups is 1. The third-order valence-electron chi connectivity index (χ3n) is 3.58. The number of benzene rings is 1. The second kappa shape index (κ2) is 8.47. The van der Waals surface area contributed by atoms with E-state index in [0.717, 1.165) is 12.8 Å². The van der Waals surface area contributed by atoms with Crippen LogP contribution in [0.25, 0.3) is 6.08 Å². The summed E-state index contributed by atoms with van der Waals surface area (Å²) in [5.74, 6) is 0.0174.